The van der Waals surface area contributed by atoms with Crippen molar-refractivity contribution in [2.24, 2.45) is 5.41 Å². The number of hydrogen-bond donors (Lipinski definition) is 2. The summed E-state index contributed by atoms with van der Waals surface area (Å²) in [6.07, 6.45) is 12.7. The Hall–Kier alpha value is -3.22. The van der Waals surface area contributed by atoms with Crippen LogP contribution in [-0.4, -0.2) is 36.7 Å². The number of nitrogens with one attached hydrogen (secondary N) is 1. The molecule has 1 aliphatic carbocycles. The second-order valence-electron chi connectivity index (χ2n) is 9.86. The van der Waals surface area contributed by atoms with E-state index in [0.717, 1.165) is 49.9 Å². The Morgan fingerprint density at radius 1 is 0.946 bits per heavy atom. The number of hydroxylamine groups is 1. The van der Waals surface area contributed by atoms with Crippen LogP contribution >= 0.6 is 0 Å². The van der Waals surface area contributed by atoms with Crippen molar-refractivity contribution < 1.29 is 19.5 Å². The lowest BCUT2D eigenvalue weighted by atomic mass is 9.87. The van der Waals surface area contributed by atoms with Crippen LogP contribution < -0.4 is 15.0 Å². The number of aldehydes is 1. The fraction of sp³-hybridized carbons (Fsp3) is 0.419. The molecule has 200 valence electrons. The van der Waals surface area contributed by atoms with Gasteiger partial charge in [0.2, 0.25) is 0 Å². The zero-order valence-electron chi connectivity index (χ0n) is 22.7. The predicted molar refractivity (Wildman–Crippen MR) is 148 cm³/mol. The summed E-state index contributed by atoms with van der Waals surface area (Å²) in [5.41, 5.74) is 5.32. The summed E-state index contributed by atoms with van der Waals surface area (Å²) in [6, 6.07) is 20.5. The van der Waals surface area contributed by atoms with Crippen LogP contribution in [0.4, 0.5) is 0 Å². The van der Waals surface area contributed by atoms with Gasteiger partial charge in [0.05, 0.1) is 13.2 Å². The molecule has 1 fully saturated rings. The predicted octanol–water partition coefficient (Wildman–Crippen LogP) is 6.25. The van der Waals surface area contributed by atoms with E-state index in [1.807, 2.05) is 62.6 Å². The number of aryl methyl sites for hydroxylation is 2. The molecule has 2 aromatic carbocycles. The molecule has 6 heteroatoms. The van der Waals surface area contributed by atoms with Gasteiger partial charge in [0, 0.05) is 24.9 Å². The summed E-state index contributed by atoms with van der Waals surface area (Å²) < 4.78 is 11.6. The van der Waals surface area contributed by atoms with Gasteiger partial charge in [0.15, 0.2) is 11.5 Å². The zero-order chi connectivity index (χ0) is 26.9. The van der Waals surface area contributed by atoms with Crippen LogP contribution in [0.15, 0.2) is 73.1 Å². The maximum Gasteiger partial charge on any atom is 0.161 e. The van der Waals surface area contributed by atoms with Gasteiger partial charge in [-0.2, -0.15) is 0 Å². The van der Waals surface area contributed by atoms with Crippen LogP contribution in [0.2, 0.25) is 0 Å². The molecule has 3 aromatic rings. The van der Waals surface area contributed by atoms with Crippen LogP contribution in [0.1, 0.15) is 56.2 Å². The first kappa shape index (κ1) is 30.0. The van der Waals surface area contributed by atoms with Gasteiger partial charge in [-0.3, -0.25) is 4.98 Å². The Morgan fingerprint density at radius 2 is 1.57 bits per heavy atom. The molecular weight excluding hydrogens is 464 g/mol. The van der Waals surface area contributed by atoms with Gasteiger partial charge in [0.25, 0.3) is 0 Å². The third-order valence-electron chi connectivity index (χ3n) is 6.10. The van der Waals surface area contributed by atoms with Gasteiger partial charge in [0.1, 0.15) is 6.29 Å². The number of aromatic nitrogens is 1. The molecule has 0 spiro atoms. The lowest BCUT2D eigenvalue weighted by molar-refractivity contribution is -0.114. The SMILES string of the molecule is CC(C)(C=O)Cc1ccccc1.CNO.COc1ccc(CCc2ccncc2)cc1OC1CCCC1. The maximum absolute atomic E-state index is 10.6. The van der Waals surface area contributed by atoms with E-state index in [1.165, 1.54) is 36.6 Å². The second kappa shape index (κ2) is 16.5. The summed E-state index contributed by atoms with van der Waals surface area (Å²) in [5.74, 6) is 1.72. The Bertz CT molecular complexity index is 1020. The second-order valence-corrected chi connectivity index (χ2v) is 9.86. The van der Waals surface area contributed by atoms with E-state index in [2.05, 4.69) is 29.2 Å². The Labute approximate surface area is 222 Å². The van der Waals surface area contributed by atoms with Crippen LogP contribution in [-0.2, 0) is 24.1 Å². The molecule has 0 bridgehead atoms. The van der Waals surface area contributed by atoms with Crippen LogP contribution in [0.3, 0.4) is 0 Å². The maximum atomic E-state index is 10.6. The molecular formula is C31H42N2O4. The third-order valence-corrected chi connectivity index (χ3v) is 6.10. The molecule has 0 radical (unpaired) electrons. The number of benzene rings is 2. The highest BCUT2D eigenvalue weighted by Gasteiger charge is 2.19. The lowest BCUT2D eigenvalue weighted by Crippen LogP contribution is -2.16. The Balaban J connectivity index is 0.000000271. The first-order chi connectivity index (χ1) is 17.9. The van der Waals surface area contributed by atoms with Gasteiger partial charge in [-0.15, -0.1) is 0 Å². The van der Waals surface area contributed by atoms with Crippen molar-refractivity contribution in [2.75, 3.05) is 14.2 Å². The number of methoxy groups -OCH3 is 1. The minimum Gasteiger partial charge on any atom is -0.493 e. The summed E-state index contributed by atoms with van der Waals surface area (Å²) in [7, 11) is 3.13. The fourth-order valence-corrected chi connectivity index (χ4v) is 4.16. The third kappa shape index (κ3) is 11.6. The Kier molecular flexibility index (Phi) is 13.4. The monoisotopic (exact) mass is 506 g/mol. The summed E-state index contributed by atoms with van der Waals surface area (Å²) >= 11 is 0. The van der Waals surface area contributed by atoms with Crippen molar-refractivity contribution in [1.29, 1.82) is 0 Å². The molecule has 0 aliphatic heterocycles. The van der Waals surface area contributed by atoms with E-state index in [0.29, 0.717) is 6.10 Å². The van der Waals surface area contributed by atoms with E-state index in [1.54, 1.807) is 12.6 Å². The molecule has 0 unspecified atom stereocenters. The van der Waals surface area contributed by atoms with Gasteiger partial charge in [-0.25, -0.2) is 5.48 Å². The van der Waals surface area contributed by atoms with Crippen LogP contribution in [0.5, 0.6) is 11.5 Å². The number of pyridine rings is 1. The van der Waals surface area contributed by atoms with Crippen molar-refractivity contribution in [2.45, 2.75) is 64.9 Å². The Morgan fingerprint density at radius 3 is 2.16 bits per heavy atom. The van der Waals surface area contributed by atoms with Crippen molar-refractivity contribution in [3.8, 4) is 11.5 Å². The van der Waals surface area contributed by atoms with Gasteiger partial charge >= 0.3 is 0 Å². The summed E-state index contributed by atoms with van der Waals surface area (Å²) in [5, 5.41) is 7.32. The largest absolute Gasteiger partial charge is 0.493 e. The number of carbonyl (C=O) groups is 1. The van der Waals surface area contributed by atoms with E-state index in [4.69, 9.17) is 14.7 Å². The molecule has 0 amide bonds. The molecule has 0 atom stereocenters. The minimum atomic E-state index is -0.235. The number of rotatable bonds is 9. The van der Waals surface area contributed by atoms with Gasteiger partial charge in [-0.05, 0) is 85.9 Å². The number of nitrogens with zero attached hydrogens (tertiary/aromatic N) is 1. The average molecular weight is 507 g/mol. The highest BCUT2D eigenvalue weighted by atomic mass is 16.5. The molecule has 1 saturated carbocycles. The summed E-state index contributed by atoms with van der Waals surface area (Å²) in [6.45, 7) is 3.90. The molecule has 1 heterocycles. The molecule has 6 nitrogen and oxygen atoms in total. The topological polar surface area (TPSA) is 80.7 Å². The standard InChI is InChI=1S/C19H23NO2.C11H14O.CH5NO/c1-21-18-9-8-16(7-6-15-10-12-20-13-11-15)14-19(18)22-17-4-2-3-5-17;1-11(2,9-12)8-10-6-4-3-5-7-10;1-2-3/h8-14,17H,2-7H2,1H3;3-7,9H,8H2,1-2H3;2-3H,1H3. The quantitative estimate of drug-likeness (QED) is 0.264. The molecule has 1 aromatic heterocycles. The van der Waals surface area contributed by atoms with Crippen molar-refractivity contribution >= 4 is 6.29 Å². The average Bonchev–Trinajstić information content (AvgIpc) is 3.43. The summed E-state index contributed by atoms with van der Waals surface area (Å²) in [4.78, 5) is 14.7. The first-order valence-electron chi connectivity index (χ1n) is 12.9. The number of ether oxygens (including phenoxy) is 2. The zero-order valence-corrected chi connectivity index (χ0v) is 22.7. The highest BCUT2D eigenvalue weighted by Crippen LogP contribution is 2.32. The van der Waals surface area contributed by atoms with Crippen molar-refractivity contribution in [3.05, 3.63) is 89.7 Å². The smallest absolute Gasteiger partial charge is 0.161 e. The lowest BCUT2D eigenvalue weighted by Gasteiger charge is -2.17. The fourth-order valence-electron chi connectivity index (χ4n) is 4.16. The molecule has 1 aliphatic rings. The molecule has 2 N–H and O–H groups in total. The highest BCUT2D eigenvalue weighted by molar-refractivity contribution is 5.58. The van der Waals surface area contributed by atoms with Crippen molar-refractivity contribution in [3.63, 3.8) is 0 Å². The van der Waals surface area contributed by atoms with E-state index in [9.17, 15) is 4.79 Å². The minimum absolute atomic E-state index is 0.235. The molecule has 4 rings (SSSR count). The molecule has 37 heavy (non-hydrogen) atoms. The van der Waals surface area contributed by atoms with Crippen LogP contribution in [0, 0.1) is 5.41 Å². The van der Waals surface area contributed by atoms with Crippen LogP contribution in [0.25, 0.3) is 0 Å². The van der Waals surface area contributed by atoms with Gasteiger partial charge < -0.3 is 19.5 Å². The first-order valence-corrected chi connectivity index (χ1v) is 12.9. The number of carbonyl (C=O) groups excluding carboxylic acids is 1. The van der Waals surface area contributed by atoms with Crippen molar-refractivity contribution in [1.82, 2.24) is 10.5 Å². The van der Waals surface area contributed by atoms with E-state index >= 15 is 0 Å². The van der Waals surface area contributed by atoms with Gasteiger partial charge in [-0.1, -0.05) is 50.2 Å². The van der Waals surface area contributed by atoms with E-state index in [-0.39, 0.29) is 5.41 Å². The normalized spacial score (nSPS) is 13.0. The molecule has 0 saturated heterocycles. The number of hydrogen-bond acceptors (Lipinski definition) is 6. The van der Waals surface area contributed by atoms with E-state index < -0.39 is 0 Å².